The summed E-state index contributed by atoms with van der Waals surface area (Å²) in [7, 11) is 0. The van der Waals surface area contributed by atoms with Crippen molar-refractivity contribution in [1.82, 2.24) is 4.98 Å². The molecule has 0 N–H and O–H groups in total. The van der Waals surface area contributed by atoms with E-state index in [9.17, 15) is 0 Å². The zero-order chi connectivity index (χ0) is 7.68. The van der Waals surface area contributed by atoms with Crippen LogP contribution in [0.2, 0.25) is 5.15 Å². The maximum atomic E-state index is 5.73. The molecule has 12 heavy (non-hydrogen) atoms. The van der Waals surface area contributed by atoms with Crippen molar-refractivity contribution in [2.45, 2.75) is 6.29 Å². The van der Waals surface area contributed by atoms with Crippen LogP contribution in [0.5, 0.6) is 0 Å². The number of thiazole rings is 1. The molecule has 0 atom stereocenters. The maximum Gasteiger partial charge on any atom is 1.00 e. The molecule has 1 aliphatic heterocycles. The van der Waals surface area contributed by atoms with Crippen LogP contribution in [-0.4, -0.2) is 18.2 Å². The van der Waals surface area contributed by atoms with Crippen LogP contribution in [0.25, 0.3) is 0 Å². The molecule has 2 heterocycles. The molecular weight excluding hydrogens is 193 g/mol. The van der Waals surface area contributed by atoms with E-state index in [-0.39, 0.29) is 25.2 Å². The van der Waals surface area contributed by atoms with Crippen LogP contribution in [0.4, 0.5) is 0 Å². The summed E-state index contributed by atoms with van der Waals surface area (Å²) in [6.45, 7) is 1.25. The minimum atomic E-state index is -0.314. The van der Waals surface area contributed by atoms with Gasteiger partial charge in [-0.1, -0.05) is 4.88 Å². The Hall–Kier alpha value is 0.437. The first-order chi connectivity index (χ1) is 5.38. The van der Waals surface area contributed by atoms with Gasteiger partial charge in [-0.2, -0.15) is 11.6 Å². The van der Waals surface area contributed by atoms with Crippen molar-refractivity contribution in [3.63, 3.8) is 0 Å². The molecular formula is C6H5ClLiNO2S. The molecule has 0 bridgehead atoms. The monoisotopic (exact) mass is 197 g/mol. The number of halogens is 1. The van der Waals surface area contributed by atoms with Gasteiger partial charge < -0.3 is 14.5 Å². The third-order valence-electron chi connectivity index (χ3n) is 1.34. The normalized spacial score (nSPS) is 17.8. The second-order valence-electron chi connectivity index (χ2n) is 2.03. The smallest absolute Gasteiger partial charge is 0.374 e. The Morgan fingerprint density at radius 1 is 1.50 bits per heavy atom. The second kappa shape index (κ2) is 4.61. The van der Waals surface area contributed by atoms with Crippen LogP contribution in [0, 0.1) is 5.51 Å². The third kappa shape index (κ3) is 2.02. The van der Waals surface area contributed by atoms with Gasteiger partial charge in [0.15, 0.2) is 0 Å². The quantitative estimate of drug-likeness (QED) is 0.412. The van der Waals surface area contributed by atoms with Gasteiger partial charge >= 0.3 is 18.9 Å². The van der Waals surface area contributed by atoms with Crippen molar-refractivity contribution in [1.29, 1.82) is 0 Å². The van der Waals surface area contributed by atoms with Crippen molar-refractivity contribution in [2.24, 2.45) is 0 Å². The van der Waals surface area contributed by atoms with Gasteiger partial charge in [0.05, 0.1) is 13.2 Å². The third-order valence-corrected chi connectivity index (χ3v) is 2.53. The van der Waals surface area contributed by atoms with E-state index in [0.29, 0.717) is 18.4 Å². The summed E-state index contributed by atoms with van der Waals surface area (Å²) in [6, 6.07) is 0. The molecule has 0 spiro atoms. The molecule has 6 heteroatoms. The number of aromatic nitrogens is 1. The first-order valence-corrected chi connectivity index (χ1v) is 4.33. The Labute approximate surface area is 91.2 Å². The van der Waals surface area contributed by atoms with Crippen LogP contribution < -0.4 is 18.9 Å². The molecule has 0 aliphatic carbocycles. The number of rotatable bonds is 1. The van der Waals surface area contributed by atoms with Crippen molar-refractivity contribution in [3.05, 3.63) is 15.5 Å². The molecule has 1 aliphatic rings. The van der Waals surface area contributed by atoms with E-state index >= 15 is 0 Å². The van der Waals surface area contributed by atoms with E-state index in [0.717, 1.165) is 4.88 Å². The summed E-state index contributed by atoms with van der Waals surface area (Å²) < 4.78 is 10.4. The molecule has 0 radical (unpaired) electrons. The molecule has 60 valence electrons. The van der Waals surface area contributed by atoms with E-state index in [2.05, 4.69) is 10.5 Å². The molecule has 0 aromatic carbocycles. The molecule has 0 unspecified atom stereocenters. The van der Waals surface area contributed by atoms with Gasteiger partial charge in [0.2, 0.25) is 0 Å². The average Bonchev–Trinajstić information content (AvgIpc) is 2.55. The fraction of sp³-hybridized carbons (Fsp3) is 0.500. The number of hydrogen-bond acceptors (Lipinski definition) is 4. The first kappa shape index (κ1) is 10.5. The topological polar surface area (TPSA) is 31.4 Å². The Morgan fingerprint density at radius 3 is 2.67 bits per heavy atom. The molecule has 1 aromatic heterocycles. The van der Waals surface area contributed by atoms with Crippen LogP contribution >= 0.6 is 22.9 Å². The predicted octanol–water partition coefficient (Wildman–Crippen LogP) is -1.35. The molecule has 3 nitrogen and oxygen atoms in total. The summed E-state index contributed by atoms with van der Waals surface area (Å²) in [6.07, 6.45) is -0.314. The van der Waals surface area contributed by atoms with Gasteiger partial charge in [0, 0.05) is 0 Å². The zero-order valence-corrected chi connectivity index (χ0v) is 8.11. The van der Waals surface area contributed by atoms with Crippen LogP contribution in [0.1, 0.15) is 11.2 Å². The fourth-order valence-corrected chi connectivity index (χ4v) is 1.76. The van der Waals surface area contributed by atoms with E-state index in [4.69, 9.17) is 21.1 Å². The maximum absolute atomic E-state index is 5.73. The van der Waals surface area contributed by atoms with Crippen molar-refractivity contribution in [2.75, 3.05) is 13.2 Å². The standard InChI is InChI=1S/C6H5ClNO2S.Li/c7-5-4(11-3-8-5)6-9-1-2-10-6;/h6H,1-2H2;/q-1;+1. The van der Waals surface area contributed by atoms with Crippen LogP contribution in [-0.2, 0) is 9.47 Å². The van der Waals surface area contributed by atoms with E-state index < -0.39 is 0 Å². The van der Waals surface area contributed by atoms with Crippen LogP contribution in [0.3, 0.4) is 0 Å². The van der Waals surface area contributed by atoms with Crippen molar-refractivity contribution < 1.29 is 28.3 Å². The summed E-state index contributed by atoms with van der Waals surface area (Å²) >= 11 is 7.06. The summed E-state index contributed by atoms with van der Waals surface area (Å²) in [4.78, 5) is 4.57. The second-order valence-corrected chi connectivity index (χ2v) is 3.22. The van der Waals surface area contributed by atoms with Crippen molar-refractivity contribution in [3.8, 4) is 0 Å². The zero-order valence-electron chi connectivity index (χ0n) is 6.54. The average molecular weight is 198 g/mol. The molecule has 0 saturated carbocycles. The Bertz CT molecular complexity index is 251. The van der Waals surface area contributed by atoms with Gasteiger partial charge in [-0.25, -0.2) is 0 Å². The van der Waals surface area contributed by atoms with E-state index in [1.807, 2.05) is 0 Å². The van der Waals surface area contributed by atoms with E-state index in [1.165, 1.54) is 11.3 Å². The predicted molar refractivity (Wildman–Crippen MR) is 40.6 cm³/mol. The van der Waals surface area contributed by atoms with Gasteiger partial charge in [-0.05, 0) is 10.7 Å². The number of hydrogen-bond donors (Lipinski definition) is 0. The number of nitrogens with zero attached hydrogens (tertiary/aromatic N) is 1. The van der Waals surface area contributed by atoms with Gasteiger partial charge in [0.1, 0.15) is 6.29 Å². The molecule has 1 fully saturated rings. The SMILES string of the molecule is Clc1n[c-]sc1C1OCCO1.[Li+]. The van der Waals surface area contributed by atoms with Gasteiger partial charge in [-0.15, -0.1) is 0 Å². The first-order valence-electron chi connectivity index (χ1n) is 3.13. The summed E-state index contributed by atoms with van der Waals surface area (Å²) in [5, 5.41) is 0.432. The summed E-state index contributed by atoms with van der Waals surface area (Å²) in [5.41, 5.74) is 2.67. The van der Waals surface area contributed by atoms with Gasteiger partial charge in [0.25, 0.3) is 0 Å². The minimum Gasteiger partial charge on any atom is -0.374 e. The Balaban J connectivity index is 0.000000720. The fourth-order valence-electron chi connectivity index (χ4n) is 0.864. The van der Waals surface area contributed by atoms with E-state index in [1.54, 1.807) is 0 Å². The summed E-state index contributed by atoms with van der Waals surface area (Å²) in [5.74, 6) is 0. The van der Waals surface area contributed by atoms with Gasteiger partial charge in [-0.3, -0.25) is 11.3 Å². The van der Waals surface area contributed by atoms with Crippen molar-refractivity contribution >= 4 is 22.9 Å². The largest absolute Gasteiger partial charge is 1.00 e. The Kier molecular flexibility index (Phi) is 4.04. The molecule has 2 rings (SSSR count). The minimum absolute atomic E-state index is 0. The molecule has 1 saturated heterocycles. The number of ether oxygens (including phenoxy) is 2. The molecule has 1 aromatic rings. The molecule has 0 amide bonds. The Morgan fingerprint density at radius 2 is 2.17 bits per heavy atom. The van der Waals surface area contributed by atoms with Crippen LogP contribution in [0.15, 0.2) is 0 Å².